The molecule has 1 unspecified atom stereocenters. The molecule has 0 aliphatic carbocycles. The van der Waals surface area contributed by atoms with E-state index in [1.54, 1.807) is 6.92 Å². The maximum atomic E-state index is 6.30. The summed E-state index contributed by atoms with van der Waals surface area (Å²) in [6, 6.07) is 0. The Kier molecular flexibility index (Phi) is 2.31. The van der Waals surface area contributed by atoms with E-state index < -0.39 is 5.54 Å². The molecule has 1 atom stereocenters. The Hall–Kier alpha value is -0.940. The Morgan fingerprint density at radius 2 is 2.13 bits per heavy atom. The molecule has 5 heteroatoms. The number of aromatic nitrogens is 2. The number of rotatable bonds is 1. The SMILES string of the molecule is Cc1nc(C2(N)CCOC(C)(C)C2)no1. The van der Waals surface area contributed by atoms with Crippen molar-refractivity contribution in [3.8, 4) is 0 Å². The first-order valence-electron chi connectivity index (χ1n) is 5.15. The first kappa shape index (κ1) is 10.6. The van der Waals surface area contributed by atoms with Crippen LogP contribution in [0.2, 0.25) is 0 Å². The molecule has 84 valence electrons. The smallest absolute Gasteiger partial charge is 0.223 e. The highest BCUT2D eigenvalue weighted by molar-refractivity contribution is 5.07. The number of hydrogen-bond acceptors (Lipinski definition) is 5. The largest absolute Gasteiger partial charge is 0.375 e. The molecule has 1 aliphatic rings. The maximum Gasteiger partial charge on any atom is 0.223 e. The van der Waals surface area contributed by atoms with Crippen molar-refractivity contribution in [1.29, 1.82) is 0 Å². The highest BCUT2D eigenvalue weighted by Gasteiger charge is 2.42. The van der Waals surface area contributed by atoms with Crippen LogP contribution in [0.1, 0.15) is 38.4 Å². The Bertz CT molecular complexity index is 361. The van der Waals surface area contributed by atoms with E-state index in [-0.39, 0.29) is 5.60 Å². The molecule has 1 saturated heterocycles. The lowest BCUT2D eigenvalue weighted by atomic mass is 9.81. The van der Waals surface area contributed by atoms with Crippen LogP contribution in [0, 0.1) is 6.92 Å². The molecule has 2 rings (SSSR count). The van der Waals surface area contributed by atoms with E-state index in [1.807, 2.05) is 13.8 Å². The number of aryl methyl sites for hydroxylation is 1. The molecular weight excluding hydrogens is 194 g/mol. The lowest BCUT2D eigenvalue weighted by molar-refractivity contribution is -0.0832. The Labute approximate surface area is 89.0 Å². The van der Waals surface area contributed by atoms with E-state index in [0.29, 0.717) is 24.7 Å². The van der Waals surface area contributed by atoms with Gasteiger partial charge in [0.15, 0.2) is 5.82 Å². The summed E-state index contributed by atoms with van der Waals surface area (Å²) < 4.78 is 10.6. The van der Waals surface area contributed by atoms with E-state index in [1.165, 1.54) is 0 Å². The normalized spacial score (nSPS) is 30.4. The van der Waals surface area contributed by atoms with Crippen LogP contribution < -0.4 is 5.73 Å². The predicted octanol–water partition coefficient (Wildman–Crippen LogP) is 1.12. The summed E-state index contributed by atoms with van der Waals surface area (Å²) in [6.07, 6.45) is 1.44. The van der Waals surface area contributed by atoms with Gasteiger partial charge >= 0.3 is 0 Å². The summed E-state index contributed by atoms with van der Waals surface area (Å²) in [7, 11) is 0. The van der Waals surface area contributed by atoms with Gasteiger partial charge in [-0.1, -0.05) is 5.16 Å². The second kappa shape index (κ2) is 3.28. The minimum atomic E-state index is -0.514. The third kappa shape index (κ3) is 2.03. The van der Waals surface area contributed by atoms with Gasteiger partial charge in [-0.05, 0) is 20.3 Å². The molecule has 0 radical (unpaired) electrons. The van der Waals surface area contributed by atoms with Gasteiger partial charge < -0.3 is 15.0 Å². The van der Waals surface area contributed by atoms with Gasteiger partial charge in [-0.25, -0.2) is 0 Å². The molecule has 5 nitrogen and oxygen atoms in total. The average molecular weight is 211 g/mol. The molecule has 1 aliphatic heterocycles. The summed E-state index contributed by atoms with van der Waals surface area (Å²) in [5, 5.41) is 3.91. The fraction of sp³-hybridized carbons (Fsp3) is 0.800. The summed E-state index contributed by atoms with van der Waals surface area (Å²) in [4.78, 5) is 4.21. The van der Waals surface area contributed by atoms with E-state index in [2.05, 4.69) is 10.1 Å². The fourth-order valence-corrected chi connectivity index (χ4v) is 2.10. The van der Waals surface area contributed by atoms with Crippen LogP contribution in [0.5, 0.6) is 0 Å². The lowest BCUT2D eigenvalue weighted by Gasteiger charge is -2.40. The van der Waals surface area contributed by atoms with Gasteiger partial charge in [-0.3, -0.25) is 0 Å². The molecule has 1 fully saturated rings. The summed E-state index contributed by atoms with van der Waals surface area (Å²) in [6.45, 7) is 6.46. The van der Waals surface area contributed by atoms with E-state index in [4.69, 9.17) is 15.0 Å². The summed E-state index contributed by atoms with van der Waals surface area (Å²) in [5.41, 5.74) is 5.57. The number of ether oxygens (including phenoxy) is 1. The third-order valence-electron chi connectivity index (χ3n) is 2.76. The zero-order valence-electron chi connectivity index (χ0n) is 9.41. The van der Waals surface area contributed by atoms with Crippen LogP contribution in [0.25, 0.3) is 0 Å². The van der Waals surface area contributed by atoms with Crippen LogP contribution in [0.15, 0.2) is 4.52 Å². The van der Waals surface area contributed by atoms with Crippen LogP contribution in [-0.2, 0) is 10.3 Å². The molecule has 0 spiro atoms. The van der Waals surface area contributed by atoms with Gasteiger partial charge in [0.1, 0.15) is 0 Å². The average Bonchev–Trinajstić information content (AvgIpc) is 2.49. The molecule has 1 aromatic rings. The van der Waals surface area contributed by atoms with Gasteiger partial charge in [-0.2, -0.15) is 4.98 Å². The van der Waals surface area contributed by atoms with E-state index in [9.17, 15) is 0 Å². The quantitative estimate of drug-likeness (QED) is 0.753. The molecular formula is C10H17N3O2. The van der Waals surface area contributed by atoms with Crippen LogP contribution in [0.4, 0.5) is 0 Å². The Balaban J connectivity index is 2.26. The van der Waals surface area contributed by atoms with Gasteiger partial charge in [0.25, 0.3) is 0 Å². The molecule has 2 N–H and O–H groups in total. The minimum absolute atomic E-state index is 0.221. The Morgan fingerprint density at radius 1 is 1.40 bits per heavy atom. The minimum Gasteiger partial charge on any atom is -0.375 e. The fourth-order valence-electron chi connectivity index (χ4n) is 2.10. The molecule has 15 heavy (non-hydrogen) atoms. The highest BCUT2D eigenvalue weighted by atomic mass is 16.5. The van der Waals surface area contributed by atoms with Gasteiger partial charge in [0, 0.05) is 20.0 Å². The second-order valence-electron chi connectivity index (χ2n) is 4.83. The summed E-state index contributed by atoms with van der Waals surface area (Å²) >= 11 is 0. The van der Waals surface area contributed by atoms with Gasteiger partial charge in [0.2, 0.25) is 5.89 Å². The lowest BCUT2D eigenvalue weighted by Crippen LogP contribution is -2.50. The summed E-state index contributed by atoms with van der Waals surface area (Å²) in [5.74, 6) is 1.15. The van der Waals surface area contributed by atoms with Crippen molar-refractivity contribution in [3.05, 3.63) is 11.7 Å². The number of nitrogens with two attached hydrogens (primary N) is 1. The zero-order chi connectivity index (χ0) is 11.1. The standard InChI is InChI=1S/C10H17N3O2/c1-7-12-8(13-15-7)10(11)4-5-14-9(2,3)6-10/h4-6,11H2,1-3H3. The van der Waals surface area contributed by atoms with E-state index in [0.717, 1.165) is 6.42 Å². The number of nitrogens with zero attached hydrogens (tertiary/aromatic N) is 2. The molecule has 0 saturated carbocycles. The van der Waals surface area contributed by atoms with Crippen molar-refractivity contribution < 1.29 is 9.26 Å². The van der Waals surface area contributed by atoms with Crippen LogP contribution in [-0.4, -0.2) is 22.3 Å². The highest BCUT2D eigenvalue weighted by Crippen LogP contribution is 2.35. The zero-order valence-corrected chi connectivity index (χ0v) is 9.41. The van der Waals surface area contributed by atoms with Gasteiger partial charge in [-0.15, -0.1) is 0 Å². The predicted molar refractivity (Wildman–Crippen MR) is 54.2 cm³/mol. The van der Waals surface area contributed by atoms with Crippen molar-refractivity contribution in [2.75, 3.05) is 6.61 Å². The second-order valence-corrected chi connectivity index (χ2v) is 4.83. The number of hydrogen-bond donors (Lipinski definition) is 1. The van der Waals surface area contributed by atoms with Crippen molar-refractivity contribution >= 4 is 0 Å². The van der Waals surface area contributed by atoms with Crippen LogP contribution in [0.3, 0.4) is 0 Å². The van der Waals surface area contributed by atoms with Gasteiger partial charge in [0.05, 0.1) is 11.1 Å². The van der Waals surface area contributed by atoms with Crippen molar-refractivity contribution in [3.63, 3.8) is 0 Å². The van der Waals surface area contributed by atoms with E-state index >= 15 is 0 Å². The van der Waals surface area contributed by atoms with Crippen LogP contribution >= 0.6 is 0 Å². The maximum absolute atomic E-state index is 6.30. The monoisotopic (exact) mass is 211 g/mol. The Morgan fingerprint density at radius 3 is 2.67 bits per heavy atom. The molecule has 0 amide bonds. The molecule has 1 aromatic heterocycles. The molecule has 0 bridgehead atoms. The molecule has 2 heterocycles. The first-order chi connectivity index (χ1) is 6.91. The van der Waals surface area contributed by atoms with Crippen molar-refractivity contribution in [2.45, 2.75) is 44.8 Å². The molecule has 0 aromatic carbocycles. The van der Waals surface area contributed by atoms with Crippen molar-refractivity contribution in [2.24, 2.45) is 5.73 Å². The third-order valence-corrected chi connectivity index (χ3v) is 2.76. The van der Waals surface area contributed by atoms with Crippen molar-refractivity contribution in [1.82, 2.24) is 10.1 Å². The topological polar surface area (TPSA) is 74.2 Å². The first-order valence-corrected chi connectivity index (χ1v) is 5.15.